The highest BCUT2D eigenvalue weighted by Gasteiger charge is 2.32. The lowest BCUT2D eigenvalue weighted by molar-refractivity contribution is -0.114. The van der Waals surface area contributed by atoms with Crippen molar-refractivity contribution in [2.75, 3.05) is 0 Å². The van der Waals surface area contributed by atoms with E-state index in [0.717, 1.165) is 10.6 Å². The van der Waals surface area contributed by atoms with Gasteiger partial charge in [0.15, 0.2) is 5.78 Å². The average molecular weight is 183 g/mol. The fraction of sp³-hybridized carbons (Fsp3) is 0.167. The first-order valence-electron chi connectivity index (χ1n) is 4.67. The van der Waals surface area contributed by atoms with E-state index in [-0.39, 0.29) is 11.3 Å². The fourth-order valence-corrected chi connectivity index (χ4v) is 2.05. The molecule has 0 aromatic heterocycles. The second kappa shape index (κ2) is 2.41. The molecule has 68 valence electrons. The van der Waals surface area contributed by atoms with Crippen molar-refractivity contribution in [1.29, 1.82) is 0 Å². The van der Waals surface area contributed by atoms with E-state index >= 15 is 0 Å². The molecular formula is C12H9NO. The molecule has 1 aliphatic heterocycles. The van der Waals surface area contributed by atoms with Crippen LogP contribution in [0.4, 0.5) is 0 Å². The molecule has 2 aliphatic rings. The van der Waals surface area contributed by atoms with Crippen LogP contribution in [0.1, 0.15) is 6.42 Å². The van der Waals surface area contributed by atoms with Gasteiger partial charge in [-0.15, -0.1) is 0 Å². The highest BCUT2D eigenvalue weighted by Crippen LogP contribution is 2.27. The summed E-state index contributed by atoms with van der Waals surface area (Å²) in [6, 6.07) is 7.97. The predicted octanol–water partition coefficient (Wildman–Crippen LogP) is 0.368. The van der Waals surface area contributed by atoms with Crippen molar-refractivity contribution in [1.82, 2.24) is 0 Å². The molecule has 1 aromatic carbocycles. The summed E-state index contributed by atoms with van der Waals surface area (Å²) in [5.41, 5.74) is -0.360. The number of rotatable bonds is 0. The van der Waals surface area contributed by atoms with Gasteiger partial charge in [0.2, 0.25) is 0 Å². The lowest BCUT2D eigenvalue weighted by atomic mass is 10.0. The van der Waals surface area contributed by atoms with Gasteiger partial charge in [-0.05, 0) is 29.5 Å². The molecule has 1 heterocycles. The second-order valence-corrected chi connectivity index (χ2v) is 3.78. The van der Waals surface area contributed by atoms with Crippen LogP contribution in [0.2, 0.25) is 0 Å². The summed E-state index contributed by atoms with van der Waals surface area (Å²) in [6.07, 6.45) is 6.09. The molecule has 2 nitrogen and oxygen atoms in total. The maximum absolute atomic E-state index is 11.2. The third-order valence-corrected chi connectivity index (χ3v) is 2.69. The maximum atomic E-state index is 11.2. The van der Waals surface area contributed by atoms with Crippen LogP contribution in [0.3, 0.4) is 0 Å². The smallest absolute Gasteiger partial charge is 0.158 e. The van der Waals surface area contributed by atoms with E-state index in [2.05, 4.69) is 11.1 Å². The number of fused-ring (bicyclic) bond motifs is 1. The number of carbonyl (C=O) groups excluding carboxylic acids is 1. The number of ketones is 1. The Balaban J connectivity index is 2.24. The number of hydrogen-bond acceptors (Lipinski definition) is 2. The number of carbonyl (C=O) groups is 1. The number of benzene rings is 1. The Kier molecular flexibility index (Phi) is 1.32. The molecule has 0 radical (unpaired) electrons. The molecule has 14 heavy (non-hydrogen) atoms. The molecule has 2 heteroatoms. The lowest BCUT2D eigenvalue weighted by Gasteiger charge is -2.12. The highest BCUT2D eigenvalue weighted by atomic mass is 16.1. The minimum absolute atomic E-state index is 0.165. The summed E-state index contributed by atoms with van der Waals surface area (Å²) in [4.78, 5) is 15.8. The van der Waals surface area contributed by atoms with Crippen molar-refractivity contribution in [2.45, 2.75) is 12.0 Å². The normalized spacial score (nSPS) is 27.6. The minimum atomic E-state index is -0.360. The highest BCUT2D eigenvalue weighted by molar-refractivity contribution is 5.95. The molecule has 1 spiro atoms. The zero-order chi connectivity index (χ0) is 9.60. The van der Waals surface area contributed by atoms with Gasteiger partial charge < -0.3 is 0 Å². The van der Waals surface area contributed by atoms with Crippen molar-refractivity contribution in [3.05, 3.63) is 47.0 Å². The summed E-state index contributed by atoms with van der Waals surface area (Å²) >= 11 is 0. The number of allylic oxidation sites excluding steroid dienone is 1. The number of nitrogens with zero attached hydrogens (tertiary/aromatic N) is 1. The van der Waals surface area contributed by atoms with Crippen molar-refractivity contribution in [2.24, 2.45) is 4.99 Å². The van der Waals surface area contributed by atoms with Gasteiger partial charge in [0, 0.05) is 6.42 Å². The third kappa shape index (κ3) is 0.970. The summed E-state index contributed by atoms with van der Waals surface area (Å²) in [6.45, 7) is 0. The van der Waals surface area contributed by atoms with Crippen LogP contribution in [-0.2, 0) is 4.79 Å². The van der Waals surface area contributed by atoms with E-state index in [1.807, 2.05) is 30.3 Å². The lowest BCUT2D eigenvalue weighted by Crippen LogP contribution is -2.19. The standard InChI is InChI=1S/C12H9NO/c14-10-5-6-12(8-10)7-9-3-1-2-4-11(9)13-12/h1-7H,8H2. The Morgan fingerprint density at radius 1 is 1.29 bits per heavy atom. The molecule has 0 fully saturated rings. The van der Waals surface area contributed by atoms with E-state index in [9.17, 15) is 4.79 Å². The fourth-order valence-electron chi connectivity index (χ4n) is 2.05. The maximum Gasteiger partial charge on any atom is 0.158 e. The van der Waals surface area contributed by atoms with Gasteiger partial charge >= 0.3 is 0 Å². The van der Waals surface area contributed by atoms with E-state index in [0.29, 0.717) is 6.42 Å². The molecule has 1 aliphatic carbocycles. The molecule has 1 atom stereocenters. The average Bonchev–Trinajstić information content (AvgIpc) is 2.69. The van der Waals surface area contributed by atoms with Gasteiger partial charge in [-0.3, -0.25) is 9.79 Å². The topological polar surface area (TPSA) is 29.4 Å². The predicted molar refractivity (Wildman–Crippen MR) is 53.2 cm³/mol. The zero-order valence-corrected chi connectivity index (χ0v) is 7.60. The van der Waals surface area contributed by atoms with Gasteiger partial charge in [-0.1, -0.05) is 18.2 Å². The number of hydrogen-bond donors (Lipinski definition) is 0. The third-order valence-electron chi connectivity index (χ3n) is 2.69. The van der Waals surface area contributed by atoms with Gasteiger partial charge in [0.05, 0.1) is 5.36 Å². The van der Waals surface area contributed by atoms with Crippen molar-refractivity contribution >= 4 is 11.9 Å². The summed E-state index contributed by atoms with van der Waals surface area (Å²) in [5.74, 6) is 0.165. The van der Waals surface area contributed by atoms with Crippen LogP contribution < -0.4 is 10.6 Å². The van der Waals surface area contributed by atoms with Crippen molar-refractivity contribution in [3.8, 4) is 0 Å². The van der Waals surface area contributed by atoms with Crippen LogP contribution in [0.5, 0.6) is 0 Å². The van der Waals surface area contributed by atoms with Crippen LogP contribution >= 0.6 is 0 Å². The molecule has 3 rings (SSSR count). The summed E-state index contributed by atoms with van der Waals surface area (Å²) < 4.78 is 0. The Bertz CT molecular complexity index is 519. The first-order chi connectivity index (χ1) is 6.77. The first-order valence-corrected chi connectivity index (χ1v) is 4.67. The van der Waals surface area contributed by atoms with Gasteiger partial charge in [-0.25, -0.2) is 0 Å². The summed E-state index contributed by atoms with van der Waals surface area (Å²) in [7, 11) is 0. The van der Waals surface area contributed by atoms with Crippen LogP contribution in [0, 0.1) is 0 Å². The Morgan fingerprint density at radius 2 is 2.14 bits per heavy atom. The Labute approximate surface area is 81.3 Å². The molecular weight excluding hydrogens is 174 g/mol. The van der Waals surface area contributed by atoms with E-state index in [1.165, 1.54) is 0 Å². The monoisotopic (exact) mass is 183 g/mol. The summed E-state index contributed by atoms with van der Waals surface area (Å²) in [5, 5.41) is 2.12. The van der Waals surface area contributed by atoms with Crippen LogP contribution in [0.25, 0.3) is 6.08 Å². The molecule has 1 aromatic rings. The molecule has 0 N–H and O–H groups in total. The van der Waals surface area contributed by atoms with Crippen molar-refractivity contribution < 1.29 is 4.79 Å². The number of para-hydroxylation sites is 1. The molecule has 0 saturated carbocycles. The van der Waals surface area contributed by atoms with Gasteiger partial charge in [0.1, 0.15) is 5.54 Å². The van der Waals surface area contributed by atoms with Crippen LogP contribution in [-0.4, -0.2) is 11.3 Å². The van der Waals surface area contributed by atoms with Gasteiger partial charge in [-0.2, -0.15) is 0 Å². The zero-order valence-electron chi connectivity index (χ0n) is 7.60. The second-order valence-electron chi connectivity index (χ2n) is 3.78. The van der Waals surface area contributed by atoms with Gasteiger partial charge in [0.25, 0.3) is 0 Å². The largest absolute Gasteiger partial charge is 0.295 e. The molecule has 1 unspecified atom stereocenters. The van der Waals surface area contributed by atoms with E-state index in [1.54, 1.807) is 6.08 Å². The SMILES string of the molecule is O=C1C=CC2(C=c3ccccc3=N2)C1. The quantitative estimate of drug-likeness (QED) is 0.571. The van der Waals surface area contributed by atoms with Crippen molar-refractivity contribution in [3.63, 3.8) is 0 Å². The minimum Gasteiger partial charge on any atom is -0.295 e. The molecule has 0 bridgehead atoms. The first kappa shape index (κ1) is 7.68. The van der Waals surface area contributed by atoms with E-state index < -0.39 is 0 Å². The Morgan fingerprint density at radius 3 is 2.86 bits per heavy atom. The molecule has 0 amide bonds. The van der Waals surface area contributed by atoms with Crippen LogP contribution in [0.15, 0.2) is 41.4 Å². The molecule has 0 saturated heterocycles. The Hall–Kier alpha value is -1.70. The van der Waals surface area contributed by atoms with E-state index in [4.69, 9.17) is 0 Å².